The number of hydrogen-bond acceptors (Lipinski definition) is 5. The van der Waals surface area contributed by atoms with Crippen LogP contribution in [0, 0.1) is 0 Å². The van der Waals surface area contributed by atoms with E-state index in [4.69, 9.17) is 0 Å². The molecule has 2 atom stereocenters. The fraction of sp³-hybridized carbons (Fsp3) is 0.500. The minimum atomic E-state index is -0.558. The molecule has 0 saturated heterocycles. The van der Waals surface area contributed by atoms with Gasteiger partial charge in [-0.25, -0.2) is 0 Å². The number of rotatable bonds is 16. The number of imide groups is 1. The molecule has 2 rings (SSSR count). The van der Waals surface area contributed by atoms with Crippen LogP contribution in [0.15, 0.2) is 59.2 Å². The molecule has 39 heavy (non-hydrogen) atoms. The molecule has 0 aliphatic carbocycles. The fourth-order valence-corrected chi connectivity index (χ4v) is 5.42. The first-order chi connectivity index (χ1) is 18.5. The van der Waals surface area contributed by atoms with Crippen molar-refractivity contribution >= 4 is 35.3 Å². The van der Waals surface area contributed by atoms with E-state index < -0.39 is 12.1 Å². The van der Waals surface area contributed by atoms with E-state index in [1.165, 1.54) is 28.5 Å². The summed E-state index contributed by atoms with van der Waals surface area (Å²) in [6, 6.07) is 5.78. The number of ketones is 1. The Hall–Kier alpha value is -2.93. The van der Waals surface area contributed by atoms with Gasteiger partial charge in [0.25, 0.3) is 11.8 Å². The zero-order valence-electron chi connectivity index (χ0n) is 24.3. The third kappa shape index (κ3) is 10.6. The Kier molecular flexibility index (Phi) is 13.4. The van der Waals surface area contributed by atoms with Gasteiger partial charge in [0, 0.05) is 24.0 Å². The van der Waals surface area contributed by atoms with Crippen molar-refractivity contribution in [3.8, 4) is 0 Å². The number of thioether (sulfide) groups is 1. The highest BCUT2D eigenvalue weighted by Gasteiger charge is 2.38. The molecule has 0 spiro atoms. The summed E-state index contributed by atoms with van der Waals surface area (Å²) in [4.78, 5) is 51.2. The van der Waals surface area contributed by atoms with E-state index in [0.717, 1.165) is 31.4 Å². The third-order valence-electron chi connectivity index (χ3n) is 6.84. The largest absolute Gasteiger partial charge is 0.345 e. The lowest BCUT2D eigenvalue weighted by Crippen LogP contribution is -2.43. The Balaban J connectivity index is 1.73. The molecule has 0 radical (unpaired) electrons. The van der Waals surface area contributed by atoms with E-state index in [-0.39, 0.29) is 29.9 Å². The molecule has 1 aromatic rings. The molecular formula is C32H44N2O4S. The molecule has 0 bridgehead atoms. The van der Waals surface area contributed by atoms with Crippen molar-refractivity contribution in [1.29, 1.82) is 0 Å². The molecule has 212 valence electrons. The van der Waals surface area contributed by atoms with Gasteiger partial charge in [-0.3, -0.25) is 24.1 Å². The number of benzene rings is 1. The molecule has 1 aromatic carbocycles. The molecular weight excluding hydrogens is 508 g/mol. The van der Waals surface area contributed by atoms with E-state index >= 15 is 0 Å². The normalized spacial score (nSPS) is 15.2. The zero-order valence-corrected chi connectivity index (χ0v) is 25.2. The summed E-state index contributed by atoms with van der Waals surface area (Å²) >= 11 is 1.62. The molecule has 2 unspecified atom stereocenters. The molecule has 3 amide bonds. The van der Waals surface area contributed by atoms with Crippen LogP contribution in [-0.4, -0.2) is 52.0 Å². The maximum Gasteiger partial charge on any atom is 0.261 e. The molecule has 1 aliphatic heterocycles. The van der Waals surface area contributed by atoms with Crippen molar-refractivity contribution in [2.75, 3.05) is 11.5 Å². The minimum Gasteiger partial charge on any atom is -0.345 e. The molecule has 0 fully saturated rings. The van der Waals surface area contributed by atoms with E-state index in [0.29, 0.717) is 23.3 Å². The number of nitrogens with zero attached hydrogens (tertiary/aromatic N) is 1. The molecule has 0 aromatic heterocycles. The molecule has 1 heterocycles. The number of nitrogens with one attached hydrogen (secondary N) is 1. The highest BCUT2D eigenvalue weighted by Crippen LogP contribution is 2.25. The van der Waals surface area contributed by atoms with Gasteiger partial charge in [-0.15, -0.1) is 0 Å². The number of carbonyl (C=O) groups is 4. The van der Waals surface area contributed by atoms with Crippen LogP contribution in [0.25, 0.3) is 0 Å². The van der Waals surface area contributed by atoms with E-state index in [1.807, 2.05) is 0 Å². The summed E-state index contributed by atoms with van der Waals surface area (Å²) in [6.45, 7) is 11.8. The first-order valence-electron chi connectivity index (χ1n) is 13.8. The lowest BCUT2D eigenvalue weighted by Gasteiger charge is -2.23. The summed E-state index contributed by atoms with van der Waals surface area (Å²) in [5.41, 5.74) is 4.91. The predicted octanol–water partition coefficient (Wildman–Crippen LogP) is 6.68. The average molecular weight is 553 g/mol. The maximum absolute atomic E-state index is 12.6. The predicted molar refractivity (Wildman–Crippen MR) is 161 cm³/mol. The maximum atomic E-state index is 12.6. The van der Waals surface area contributed by atoms with Crippen molar-refractivity contribution < 1.29 is 19.2 Å². The van der Waals surface area contributed by atoms with Gasteiger partial charge in [0.05, 0.1) is 17.2 Å². The Morgan fingerprint density at radius 1 is 0.872 bits per heavy atom. The van der Waals surface area contributed by atoms with Gasteiger partial charge in [0.15, 0.2) is 5.78 Å². The quantitative estimate of drug-likeness (QED) is 0.141. The molecule has 6 nitrogen and oxygen atoms in total. The number of carbonyl (C=O) groups excluding carboxylic acids is 4. The lowest BCUT2D eigenvalue weighted by atomic mass is 10.1. The standard InChI is InChI=1S/C32H44N2O4S/c1-22(2)11-9-12-23(3)13-10-14-24(4)19-20-39-21-29(26(6)35)33-30(36)18-17-25(5)34-31(37)27-15-7-8-16-28(27)32(34)38/h7-8,11,13,15-16,19,25,29H,9-10,12,14,17-18,20-21H2,1-6H3,(H,33,36)/b23-13+,24-19+. The smallest absolute Gasteiger partial charge is 0.261 e. The van der Waals surface area contributed by atoms with Crippen LogP contribution in [-0.2, 0) is 9.59 Å². The number of allylic oxidation sites excluding steroid dienone is 5. The first-order valence-corrected chi connectivity index (χ1v) is 15.0. The second-order valence-electron chi connectivity index (χ2n) is 10.6. The summed E-state index contributed by atoms with van der Waals surface area (Å²) in [6.07, 6.45) is 11.5. The highest BCUT2D eigenvalue weighted by atomic mass is 32.2. The number of amides is 3. The van der Waals surface area contributed by atoms with Crippen molar-refractivity contribution in [1.82, 2.24) is 10.2 Å². The van der Waals surface area contributed by atoms with Gasteiger partial charge in [0.1, 0.15) is 0 Å². The van der Waals surface area contributed by atoms with E-state index in [1.54, 1.807) is 43.0 Å². The van der Waals surface area contributed by atoms with E-state index in [2.05, 4.69) is 51.2 Å². The summed E-state index contributed by atoms with van der Waals surface area (Å²) < 4.78 is 0. The third-order valence-corrected chi connectivity index (χ3v) is 7.81. The first kappa shape index (κ1) is 32.3. The second-order valence-corrected chi connectivity index (χ2v) is 11.7. The van der Waals surface area contributed by atoms with E-state index in [9.17, 15) is 19.2 Å². The molecule has 1 aliphatic rings. The average Bonchev–Trinajstić information content (AvgIpc) is 3.14. The van der Waals surface area contributed by atoms with Crippen LogP contribution >= 0.6 is 11.8 Å². The Morgan fingerprint density at radius 3 is 2.00 bits per heavy atom. The molecule has 7 heteroatoms. The van der Waals surface area contributed by atoms with Crippen molar-refractivity contribution in [2.24, 2.45) is 0 Å². The van der Waals surface area contributed by atoms with Crippen LogP contribution in [0.3, 0.4) is 0 Å². The fourth-order valence-electron chi connectivity index (χ4n) is 4.33. The second kappa shape index (κ2) is 16.2. The monoisotopic (exact) mass is 552 g/mol. The lowest BCUT2D eigenvalue weighted by molar-refractivity contribution is -0.126. The van der Waals surface area contributed by atoms with Gasteiger partial charge < -0.3 is 5.32 Å². The zero-order chi connectivity index (χ0) is 28.9. The van der Waals surface area contributed by atoms with Gasteiger partial charge >= 0.3 is 0 Å². The summed E-state index contributed by atoms with van der Waals surface area (Å²) in [5, 5.41) is 2.83. The van der Waals surface area contributed by atoms with Crippen molar-refractivity contribution in [3.63, 3.8) is 0 Å². The highest BCUT2D eigenvalue weighted by molar-refractivity contribution is 7.99. The SMILES string of the molecule is CC(=O)C(CSC/C=C(\C)CC/C=C(\C)CCC=C(C)C)NC(=O)CCC(C)N1C(=O)c2ccccc2C1=O. The van der Waals surface area contributed by atoms with Gasteiger partial charge in [-0.2, -0.15) is 11.8 Å². The minimum absolute atomic E-state index is 0.0846. The molecule has 1 N–H and O–H groups in total. The van der Waals surface area contributed by atoms with Crippen LogP contribution < -0.4 is 5.32 Å². The Morgan fingerprint density at radius 2 is 1.44 bits per heavy atom. The van der Waals surface area contributed by atoms with Crippen LogP contribution in [0.1, 0.15) is 101 Å². The Bertz CT molecular complexity index is 1100. The number of Topliss-reactive ketones (excluding diaryl/α,β-unsaturated/α-hetero) is 1. The van der Waals surface area contributed by atoms with Gasteiger partial charge in [0.2, 0.25) is 5.91 Å². The topological polar surface area (TPSA) is 83.6 Å². The van der Waals surface area contributed by atoms with Crippen LogP contribution in [0.2, 0.25) is 0 Å². The summed E-state index contributed by atoms with van der Waals surface area (Å²) in [5.74, 6) is 0.302. The Labute approximate surface area is 238 Å². The molecule has 0 saturated carbocycles. The van der Waals surface area contributed by atoms with Gasteiger partial charge in [-0.05, 0) is 85.8 Å². The number of fused-ring (bicyclic) bond motifs is 1. The summed E-state index contributed by atoms with van der Waals surface area (Å²) in [7, 11) is 0. The van der Waals surface area contributed by atoms with Crippen LogP contribution in [0.4, 0.5) is 0 Å². The van der Waals surface area contributed by atoms with Crippen LogP contribution in [0.5, 0.6) is 0 Å². The number of hydrogen-bond donors (Lipinski definition) is 1. The van der Waals surface area contributed by atoms with Gasteiger partial charge in [-0.1, -0.05) is 47.1 Å². The van der Waals surface area contributed by atoms with Crippen molar-refractivity contribution in [3.05, 3.63) is 70.3 Å². The van der Waals surface area contributed by atoms with Crippen molar-refractivity contribution in [2.45, 2.75) is 92.2 Å².